The number of fused-ring (bicyclic) bond motifs is 5. The summed E-state index contributed by atoms with van der Waals surface area (Å²) in [5.41, 5.74) is 5.44. The Morgan fingerprint density at radius 2 is 0.673 bits per heavy atom. The van der Waals surface area contributed by atoms with E-state index in [0.717, 1.165) is 67.2 Å². The Morgan fingerprint density at radius 3 is 0.962 bits per heavy atom. The largest absolute Gasteiger partial charge is 0.530 e. The molecule has 6 nitrogen and oxygen atoms in total. The summed E-state index contributed by atoms with van der Waals surface area (Å²) in [6, 6.07) is 40.8. The average molecular weight is 729 g/mol. The SMILES string of the molecule is CC(C)(C)c1c(OP2Oc3ccccc3Cc3ccccc3O2)c(OP2Oc3ccccc3Cc3ccccc3O2)c(C(C)(C)C)c2ccccc12. The second-order valence-corrected chi connectivity index (χ2v) is 17.2. The molecule has 0 spiro atoms. The van der Waals surface area contributed by atoms with E-state index >= 15 is 0 Å². The lowest BCUT2D eigenvalue weighted by molar-refractivity contribution is 0.349. The van der Waals surface area contributed by atoms with Crippen LogP contribution < -0.4 is 27.1 Å². The van der Waals surface area contributed by atoms with Crippen LogP contribution in [0.4, 0.5) is 0 Å². The molecule has 0 atom stereocenters. The zero-order chi connectivity index (χ0) is 36.0. The van der Waals surface area contributed by atoms with Gasteiger partial charge in [0.1, 0.15) is 23.0 Å². The average Bonchev–Trinajstić information content (AvgIpc) is 3.08. The van der Waals surface area contributed by atoms with E-state index < -0.39 is 17.2 Å². The van der Waals surface area contributed by atoms with Gasteiger partial charge in [0.25, 0.3) is 0 Å². The van der Waals surface area contributed by atoms with Gasteiger partial charge in [0.15, 0.2) is 11.5 Å². The van der Waals surface area contributed by atoms with Gasteiger partial charge in [-0.2, -0.15) is 0 Å². The molecule has 0 aromatic heterocycles. The van der Waals surface area contributed by atoms with E-state index in [9.17, 15) is 0 Å². The number of benzene rings is 6. The van der Waals surface area contributed by atoms with Crippen molar-refractivity contribution in [2.75, 3.05) is 0 Å². The minimum atomic E-state index is -2.02. The van der Waals surface area contributed by atoms with Crippen LogP contribution >= 0.6 is 17.2 Å². The molecular formula is C44H42O6P2. The lowest BCUT2D eigenvalue weighted by Gasteiger charge is -2.34. The van der Waals surface area contributed by atoms with Crippen LogP contribution in [0.1, 0.15) is 74.9 Å². The maximum atomic E-state index is 7.17. The summed E-state index contributed by atoms with van der Waals surface area (Å²) in [7, 11) is -4.04. The Morgan fingerprint density at radius 1 is 0.404 bits per heavy atom. The van der Waals surface area contributed by atoms with Gasteiger partial charge in [-0.3, -0.25) is 0 Å². The zero-order valence-electron chi connectivity index (χ0n) is 30.3. The molecule has 8 rings (SSSR count). The highest BCUT2D eigenvalue weighted by Gasteiger charge is 2.39. The summed E-state index contributed by atoms with van der Waals surface area (Å²) >= 11 is 0. The van der Waals surface area contributed by atoms with E-state index in [1.807, 2.05) is 72.8 Å². The second-order valence-electron chi connectivity index (χ2n) is 15.2. The first-order valence-corrected chi connectivity index (χ1v) is 19.8. The molecule has 264 valence electrons. The standard InChI is InChI=1S/C44H42O6P2/c1-43(2,3)39-33-21-11-12-22-34(33)40(44(4,5)6)42(50-52-47-37-25-15-9-19-31(37)28-32-20-10-16-26-38(32)48-52)41(39)49-51-45-35-23-13-7-17-29(35)27-30-18-8-14-24-36(30)46-51/h7-26H,27-28H2,1-6H3. The molecule has 2 heterocycles. The topological polar surface area (TPSA) is 55.4 Å². The van der Waals surface area contributed by atoms with Crippen molar-refractivity contribution in [3.63, 3.8) is 0 Å². The third-order valence-electron chi connectivity index (χ3n) is 9.30. The van der Waals surface area contributed by atoms with Crippen LogP contribution in [0.25, 0.3) is 10.8 Å². The first-order chi connectivity index (χ1) is 25.0. The van der Waals surface area contributed by atoms with Crippen molar-refractivity contribution in [1.29, 1.82) is 0 Å². The first-order valence-electron chi connectivity index (χ1n) is 17.6. The van der Waals surface area contributed by atoms with Gasteiger partial charge in [0.05, 0.1) is 0 Å². The van der Waals surface area contributed by atoms with Crippen molar-refractivity contribution in [2.24, 2.45) is 0 Å². The molecule has 52 heavy (non-hydrogen) atoms. The van der Waals surface area contributed by atoms with E-state index in [2.05, 4.69) is 90.1 Å². The van der Waals surface area contributed by atoms with Crippen LogP contribution in [-0.2, 0) is 23.7 Å². The third-order valence-corrected chi connectivity index (χ3v) is 11.3. The molecular weight excluding hydrogens is 686 g/mol. The highest BCUT2D eigenvalue weighted by atomic mass is 31.2. The molecule has 0 radical (unpaired) electrons. The Kier molecular flexibility index (Phi) is 9.02. The Bertz CT molecular complexity index is 2020. The van der Waals surface area contributed by atoms with Gasteiger partial charge < -0.3 is 27.1 Å². The van der Waals surface area contributed by atoms with Crippen molar-refractivity contribution in [3.8, 4) is 34.5 Å². The quantitative estimate of drug-likeness (QED) is 0.169. The molecule has 8 heteroatoms. The van der Waals surface area contributed by atoms with E-state index in [1.54, 1.807) is 0 Å². The molecule has 0 saturated carbocycles. The van der Waals surface area contributed by atoms with Gasteiger partial charge in [-0.1, -0.05) is 139 Å². The van der Waals surface area contributed by atoms with E-state index in [-0.39, 0.29) is 10.8 Å². The van der Waals surface area contributed by atoms with Crippen LogP contribution in [0.2, 0.25) is 0 Å². The molecule has 0 N–H and O–H groups in total. The summed E-state index contributed by atoms with van der Waals surface area (Å²) in [5, 5.41) is 2.15. The molecule has 2 aliphatic heterocycles. The molecule has 0 saturated heterocycles. The number of rotatable bonds is 4. The molecule has 0 aliphatic carbocycles. The number of para-hydroxylation sites is 4. The number of hydrogen-bond acceptors (Lipinski definition) is 6. The zero-order valence-corrected chi connectivity index (χ0v) is 32.1. The van der Waals surface area contributed by atoms with Crippen molar-refractivity contribution >= 4 is 28.0 Å². The van der Waals surface area contributed by atoms with Crippen LogP contribution in [0.15, 0.2) is 121 Å². The summed E-state index contributed by atoms with van der Waals surface area (Å²) in [5.74, 6) is 4.01. The maximum Gasteiger partial charge on any atom is 0.530 e. The molecule has 0 fully saturated rings. The second kappa shape index (κ2) is 13.7. The lowest BCUT2D eigenvalue weighted by Crippen LogP contribution is -2.21. The smallest absolute Gasteiger partial charge is 0.408 e. The lowest BCUT2D eigenvalue weighted by atomic mass is 9.76. The fourth-order valence-corrected chi connectivity index (χ4v) is 9.23. The monoisotopic (exact) mass is 728 g/mol. The fourth-order valence-electron chi connectivity index (χ4n) is 7.00. The normalized spacial score (nSPS) is 14.7. The highest BCUT2D eigenvalue weighted by Crippen LogP contribution is 2.59. The van der Waals surface area contributed by atoms with E-state index in [1.165, 1.54) is 0 Å². The van der Waals surface area contributed by atoms with Gasteiger partial charge >= 0.3 is 17.2 Å². The maximum absolute atomic E-state index is 7.17. The van der Waals surface area contributed by atoms with Crippen LogP contribution in [0.5, 0.6) is 34.5 Å². The van der Waals surface area contributed by atoms with Crippen LogP contribution in [-0.4, -0.2) is 0 Å². The molecule has 0 bridgehead atoms. The summed E-state index contributed by atoms with van der Waals surface area (Å²) in [4.78, 5) is 0. The van der Waals surface area contributed by atoms with Gasteiger partial charge in [-0.05, 0) is 68.1 Å². The van der Waals surface area contributed by atoms with Gasteiger partial charge in [0, 0.05) is 24.0 Å². The van der Waals surface area contributed by atoms with Gasteiger partial charge in [-0.25, -0.2) is 0 Å². The Balaban J connectivity index is 1.34. The van der Waals surface area contributed by atoms with Gasteiger partial charge in [0.2, 0.25) is 0 Å². The van der Waals surface area contributed by atoms with Crippen molar-refractivity contribution < 1.29 is 27.1 Å². The predicted molar refractivity (Wildman–Crippen MR) is 210 cm³/mol. The van der Waals surface area contributed by atoms with E-state index in [0.29, 0.717) is 24.3 Å². The van der Waals surface area contributed by atoms with E-state index in [4.69, 9.17) is 27.1 Å². The molecule has 0 amide bonds. The third kappa shape index (κ3) is 6.78. The Labute approximate surface area is 308 Å². The first kappa shape index (κ1) is 34.3. The fraction of sp³-hybridized carbons (Fsp3) is 0.227. The minimum absolute atomic E-state index is 0.382. The van der Waals surface area contributed by atoms with Crippen LogP contribution in [0, 0.1) is 0 Å². The minimum Gasteiger partial charge on any atom is -0.408 e. The highest BCUT2D eigenvalue weighted by molar-refractivity contribution is 7.43. The molecule has 6 aromatic rings. The van der Waals surface area contributed by atoms with Crippen molar-refractivity contribution in [1.82, 2.24) is 0 Å². The van der Waals surface area contributed by atoms with Crippen molar-refractivity contribution in [2.45, 2.75) is 65.2 Å². The molecule has 0 unspecified atom stereocenters. The summed E-state index contributed by atoms with van der Waals surface area (Å²) in [6.45, 7) is 13.2. The Hall–Kier alpha value is -4.76. The predicted octanol–water partition coefficient (Wildman–Crippen LogP) is 12.8. The van der Waals surface area contributed by atoms with Crippen LogP contribution in [0.3, 0.4) is 0 Å². The summed E-state index contributed by atoms with van der Waals surface area (Å²) in [6.07, 6.45) is 1.37. The molecule has 2 aliphatic rings. The summed E-state index contributed by atoms with van der Waals surface area (Å²) < 4.78 is 41.1. The van der Waals surface area contributed by atoms with Gasteiger partial charge in [-0.15, -0.1) is 0 Å². The van der Waals surface area contributed by atoms with Crippen molar-refractivity contribution in [3.05, 3.63) is 155 Å². The molecule has 6 aromatic carbocycles. The number of hydrogen-bond donors (Lipinski definition) is 0.